The number of nitroso groups, excluding NO2 is 1. The second-order valence-electron chi connectivity index (χ2n) is 2.32. The molecule has 0 aliphatic carbocycles. The molecule has 6 nitrogen and oxygen atoms in total. The molecule has 1 aromatic carbocycles. The summed E-state index contributed by atoms with van der Waals surface area (Å²) in [5.41, 5.74) is -1.17. The van der Waals surface area contributed by atoms with Gasteiger partial charge in [-0.1, -0.05) is 0 Å². The van der Waals surface area contributed by atoms with E-state index in [9.17, 15) is 24.2 Å². The lowest BCUT2D eigenvalue weighted by molar-refractivity contribution is -0.384. The van der Waals surface area contributed by atoms with Crippen molar-refractivity contribution in [1.29, 1.82) is 0 Å². The third-order valence-electron chi connectivity index (χ3n) is 1.47. The predicted octanol–water partition coefficient (Wildman–Crippen LogP) is 1.64. The standard InChI is InChI=1S/C7H3FN2O4/c8-6-2-1-4(10(13)14)3-5(6)7(11)9-12/h1-3H. The molecule has 0 aliphatic heterocycles. The summed E-state index contributed by atoms with van der Waals surface area (Å²) in [5, 5.41) is 12.2. The first kappa shape index (κ1) is 9.90. The van der Waals surface area contributed by atoms with Gasteiger partial charge in [-0.05, 0) is 6.07 Å². The van der Waals surface area contributed by atoms with Crippen LogP contribution in [0.1, 0.15) is 10.4 Å². The van der Waals surface area contributed by atoms with E-state index in [2.05, 4.69) is 0 Å². The van der Waals surface area contributed by atoms with Gasteiger partial charge in [0.25, 0.3) is 5.69 Å². The molecule has 0 saturated carbocycles. The highest BCUT2D eigenvalue weighted by Crippen LogP contribution is 2.17. The lowest BCUT2D eigenvalue weighted by Gasteiger charge is -1.95. The number of nitro benzene ring substituents is 1. The Hall–Kier alpha value is -2.18. The monoisotopic (exact) mass is 198 g/mol. The molecule has 0 spiro atoms. The van der Waals surface area contributed by atoms with Crippen molar-refractivity contribution in [2.45, 2.75) is 0 Å². The second-order valence-corrected chi connectivity index (χ2v) is 2.32. The predicted molar refractivity (Wildman–Crippen MR) is 43.2 cm³/mol. The van der Waals surface area contributed by atoms with E-state index in [-0.39, 0.29) is 0 Å². The number of carbonyl (C=O) groups is 1. The van der Waals surface area contributed by atoms with E-state index >= 15 is 0 Å². The zero-order valence-electron chi connectivity index (χ0n) is 6.64. The number of hydrogen-bond donors (Lipinski definition) is 0. The van der Waals surface area contributed by atoms with E-state index in [0.717, 1.165) is 12.1 Å². The zero-order chi connectivity index (χ0) is 10.7. The molecule has 72 valence electrons. The maximum Gasteiger partial charge on any atom is 0.319 e. The molecule has 0 heterocycles. The van der Waals surface area contributed by atoms with E-state index in [1.165, 1.54) is 0 Å². The molecule has 14 heavy (non-hydrogen) atoms. The van der Waals surface area contributed by atoms with E-state index in [0.29, 0.717) is 6.07 Å². The minimum Gasteiger partial charge on any atom is -0.263 e. The van der Waals surface area contributed by atoms with Crippen LogP contribution >= 0.6 is 0 Å². The molecule has 7 heteroatoms. The van der Waals surface area contributed by atoms with E-state index in [4.69, 9.17) is 0 Å². The number of nitrogens with zero attached hydrogens (tertiary/aromatic N) is 2. The number of benzene rings is 1. The van der Waals surface area contributed by atoms with Crippen LogP contribution in [0, 0.1) is 20.8 Å². The summed E-state index contributed by atoms with van der Waals surface area (Å²) < 4.78 is 12.8. The molecule has 1 amide bonds. The first-order valence-corrected chi connectivity index (χ1v) is 3.38. The van der Waals surface area contributed by atoms with Crippen LogP contribution < -0.4 is 0 Å². The van der Waals surface area contributed by atoms with Gasteiger partial charge in [0.05, 0.1) is 10.5 Å². The first-order valence-electron chi connectivity index (χ1n) is 3.38. The van der Waals surface area contributed by atoms with Crippen LogP contribution in [0.2, 0.25) is 0 Å². The fraction of sp³-hybridized carbons (Fsp3) is 0. The molecule has 0 aliphatic rings. The largest absolute Gasteiger partial charge is 0.319 e. The second kappa shape index (κ2) is 3.69. The molecule has 0 bridgehead atoms. The van der Waals surface area contributed by atoms with Crippen molar-refractivity contribution in [1.82, 2.24) is 0 Å². The highest BCUT2D eigenvalue weighted by Gasteiger charge is 2.16. The van der Waals surface area contributed by atoms with Crippen LogP contribution in [0.25, 0.3) is 0 Å². The lowest BCUT2D eigenvalue weighted by Crippen LogP contribution is -1.99. The van der Waals surface area contributed by atoms with Crippen LogP contribution in [-0.2, 0) is 0 Å². The Morgan fingerprint density at radius 2 is 2.14 bits per heavy atom. The van der Waals surface area contributed by atoms with E-state index in [1.54, 1.807) is 0 Å². The number of rotatable bonds is 2. The van der Waals surface area contributed by atoms with Gasteiger partial charge in [0.2, 0.25) is 0 Å². The zero-order valence-corrected chi connectivity index (χ0v) is 6.64. The van der Waals surface area contributed by atoms with Gasteiger partial charge >= 0.3 is 5.91 Å². The first-order chi connectivity index (χ1) is 6.56. The highest BCUT2D eigenvalue weighted by molar-refractivity contribution is 5.95. The van der Waals surface area contributed by atoms with Crippen molar-refractivity contribution >= 4 is 11.6 Å². The van der Waals surface area contributed by atoms with Crippen molar-refractivity contribution in [3.63, 3.8) is 0 Å². The van der Waals surface area contributed by atoms with Crippen molar-refractivity contribution < 1.29 is 14.1 Å². The maximum atomic E-state index is 12.8. The summed E-state index contributed by atoms with van der Waals surface area (Å²) in [5.74, 6) is -2.38. The molecular formula is C7H3FN2O4. The fourth-order valence-corrected chi connectivity index (χ4v) is 0.840. The minimum absolute atomic E-state index is 0.474. The quantitative estimate of drug-likeness (QED) is 0.410. The number of non-ortho nitro benzene ring substituents is 1. The van der Waals surface area contributed by atoms with Crippen LogP contribution in [0.4, 0.5) is 10.1 Å². The van der Waals surface area contributed by atoms with Crippen molar-refractivity contribution in [3.05, 3.63) is 44.6 Å². The molecule has 0 atom stereocenters. The third-order valence-corrected chi connectivity index (χ3v) is 1.47. The highest BCUT2D eigenvalue weighted by atomic mass is 19.1. The van der Waals surface area contributed by atoms with Gasteiger partial charge in [0.15, 0.2) is 0 Å². The molecule has 0 radical (unpaired) electrons. The Bertz CT molecular complexity index is 418. The summed E-state index contributed by atoms with van der Waals surface area (Å²) in [6.07, 6.45) is 0. The number of carbonyl (C=O) groups excluding carboxylic acids is 1. The van der Waals surface area contributed by atoms with Gasteiger partial charge < -0.3 is 0 Å². The van der Waals surface area contributed by atoms with Gasteiger partial charge in [0.1, 0.15) is 5.82 Å². The van der Waals surface area contributed by atoms with Crippen molar-refractivity contribution in [2.75, 3.05) is 0 Å². The van der Waals surface area contributed by atoms with Gasteiger partial charge in [-0.2, -0.15) is 0 Å². The Balaban J connectivity index is 3.28. The number of nitro groups is 1. The van der Waals surface area contributed by atoms with Gasteiger partial charge in [-0.15, -0.1) is 4.91 Å². The molecule has 1 aromatic rings. The average Bonchev–Trinajstić information content (AvgIpc) is 2.17. The van der Waals surface area contributed by atoms with Crippen molar-refractivity contribution in [3.8, 4) is 0 Å². The number of hydrogen-bond acceptors (Lipinski definition) is 4. The molecule has 0 saturated heterocycles. The molecule has 1 rings (SSSR count). The molecule has 0 aromatic heterocycles. The summed E-state index contributed by atoms with van der Waals surface area (Å²) in [7, 11) is 0. The Labute approximate surface area is 76.5 Å². The number of halogens is 1. The smallest absolute Gasteiger partial charge is 0.263 e. The molecular weight excluding hydrogens is 195 g/mol. The summed E-state index contributed by atoms with van der Waals surface area (Å²) in [4.78, 5) is 29.9. The maximum absolute atomic E-state index is 12.8. The topological polar surface area (TPSA) is 89.6 Å². The van der Waals surface area contributed by atoms with Gasteiger partial charge in [-0.25, -0.2) is 4.39 Å². The van der Waals surface area contributed by atoms with Gasteiger partial charge in [-0.3, -0.25) is 14.9 Å². The average molecular weight is 198 g/mol. The van der Waals surface area contributed by atoms with E-state index < -0.39 is 27.9 Å². The Morgan fingerprint density at radius 1 is 1.50 bits per heavy atom. The number of amides is 1. The fourth-order valence-electron chi connectivity index (χ4n) is 0.840. The lowest BCUT2D eigenvalue weighted by atomic mass is 10.2. The summed E-state index contributed by atoms with van der Waals surface area (Å²) in [6.45, 7) is 0. The van der Waals surface area contributed by atoms with Gasteiger partial charge in [0, 0.05) is 17.3 Å². The van der Waals surface area contributed by atoms with Crippen LogP contribution in [0.5, 0.6) is 0 Å². The SMILES string of the molecule is O=NC(=O)c1cc([N+](=O)[O-])ccc1F. The van der Waals surface area contributed by atoms with Crippen LogP contribution in [0.15, 0.2) is 23.4 Å². The van der Waals surface area contributed by atoms with Crippen LogP contribution in [0.3, 0.4) is 0 Å². The molecule has 0 N–H and O–H groups in total. The molecule has 0 fully saturated rings. The Kier molecular flexibility index (Phi) is 2.61. The minimum atomic E-state index is -1.37. The summed E-state index contributed by atoms with van der Waals surface area (Å²) in [6, 6.07) is 2.28. The molecule has 0 unspecified atom stereocenters. The third kappa shape index (κ3) is 1.76. The van der Waals surface area contributed by atoms with Crippen LogP contribution in [-0.4, -0.2) is 10.8 Å². The summed E-state index contributed by atoms with van der Waals surface area (Å²) >= 11 is 0. The van der Waals surface area contributed by atoms with Crippen molar-refractivity contribution in [2.24, 2.45) is 5.18 Å². The van der Waals surface area contributed by atoms with E-state index in [1.807, 2.05) is 5.18 Å². The Morgan fingerprint density at radius 3 is 2.64 bits per heavy atom. The normalized spacial score (nSPS) is 9.50.